The minimum absolute atomic E-state index is 0.0600. The van der Waals surface area contributed by atoms with Gasteiger partial charge in [0.2, 0.25) is 0 Å². The number of carbonyl (C=O) groups excluding carboxylic acids is 2. The Balaban J connectivity index is 1.99. The molecule has 3 rings (SSSR count). The molecule has 0 saturated heterocycles. The van der Waals surface area contributed by atoms with E-state index in [2.05, 4.69) is 5.92 Å². The van der Waals surface area contributed by atoms with Gasteiger partial charge < -0.3 is 5.11 Å². The van der Waals surface area contributed by atoms with E-state index in [-0.39, 0.29) is 18.7 Å². The summed E-state index contributed by atoms with van der Waals surface area (Å²) < 4.78 is 0. The van der Waals surface area contributed by atoms with Gasteiger partial charge in [-0.15, -0.1) is 17.8 Å². The third-order valence-corrected chi connectivity index (χ3v) is 4.96. The monoisotopic (exact) mass is 325 g/mol. The molecular formula is C18H15NO3S. The van der Waals surface area contributed by atoms with E-state index in [0.717, 1.165) is 4.88 Å². The molecule has 0 unspecified atom stereocenters. The maximum atomic E-state index is 12.7. The van der Waals surface area contributed by atoms with Crippen LogP contribution < -0.4 is 4.90 Å². The third kappa shape index (κ3) is 2.46. The first-order valence-electron chi connectivity index (χ1n) is 7.14. The summed E-state index contributed by atoms with van der Waals surface area (Å²) >= 11 is 1.35. The fourth-order valence-corrected chi connectivity index (χ4v) is 3.63. The zero-order valence-corrected chi connectivity index (χ0v) is 13.4. The summed E-state index contributed by atoms with van der Waals surface area (Å²) in [5.41, 5.74) is -0.863. The molecule has 1 amide bonds. The van der Waals surface area contributed by atoms with Crippen molar-refractivity contribution >= 4 is 28.7 Å². The van der Waals surface area contributed by atoms with Gasteiger partial charge in [0.25, 0.3) is 5.91 Å². The second-order valence-corrected chi connectivity index (χ2v) is 6.77. The predicted molar refractivity (Wildman–Crippen MR) is 89.5 cm³/mol. The average Bonchev–Trinajstić information content (AvgIpc) is 3.05. The lowest BCUT2D eigenvalue weighted by atomic mass is 9.89. The Morgan fingerprint density at radius 3 is 2.74 bits per heavy atom. The maximum absolute atomic E-state index is 12.7. The Morgan fingerprint density at radius 2 is 2.09 bits per heavy atom. The first-order valence-corrected chi connectivity index (χ1v) is 7.96. The van der Waals surface area contributed by atoms with Crippen LogP contribution in [0.2, 0.25) is 0 Å². The number of Topliss-reactive ketones (excluding diaryl/α,β-unsaturated/α-hetero) is 1. The van der Waals surface area contributed by atoms with E-state index < -0.39 is 11.5 Å². The van der Waals surface area contributed by atoms with E-state index in [9.17, 15) is 14.7 Å². The number of ketones is 1. The van der Waals surface area contributed by atoms with Gasteiger partial charge in [0, 0.05) is 10.4 Å². The van der Waals surface area contributed by atoms with Crippen molar-refractivity contribution in [2.24, 2.45) is 0 Å². The first-order chi connectivity index (χ1) is 11.0. The molecular weight excluding hydrogens is 310 g/mol. The molecule has 0 saturated carbocycles. The van der Waals surface area contributed by atoms with Gasteiger partial charge in [0.15, 0.2) is 11.4 Å². The first kappa shape index (κ1) is 15.5. The highest BCUT2D eigenvalue weighted by molar-refractivity contribution is 7.14. The molecule has 4 nitrogen and oxygen atoms in total. The van der Waals surface area contributed by atoms with Crippen LogP contribution in [0, 0.1) is 19.3 Å². The molecule has 5 heteroatoms. The predicted octanol–water partition coefficient (Wildman–Crippen LogP) is 2.50. The lowest BCUT2D eigenvalue weighted by Crippen LogP contribution is -2.41. The smallest absolute Gasteiger partial charge is 0.265 e. The largest absolute Gasteiger partial charge is 0.375 e. The average molecular weight is 325 g/mol. The third-order valence-electron chi connectivity index (χ3n) is 3.92. The van der Waals surface area contributed by atoms with Gasteiger partial charge in [-0.05, 0) is 25.1 Å². The van der Waals surface area contributed by atoms with Crippen molar-refractivity contribution in [3.63, 3.8) is 0 Å². The van der Waals surface area contributed by atoms with Gasteiger partial charge in [-0.2, -0.15) is 0 Å². The Kier molecular flexibility index (Phi) is 3.80. The van der Waals surface area contributed by atoms with Crippen molar-refractivity contribution in [1.29, 1.82) is 0 Å². The van der Waals surface area contributed by atoms with E-state index >= 15 is 0 Å². The summed E-state index contributed by atoms with van der Waals surface area (Å²) in [6, 6.07) is 10.5. The number of hydrogen-bond acceptors (Lipinski definition) is 4. The van der Waals surface area contributed by atoms with Crippen molar-refractivity contribution < 1.29 is 14.7 Å². The maximum Gasteiger partial charge on any atom is 0.265 e. The highest BCUT2D eigenvalue weighted by Gasteiger charge is 2.50. The molecule has 1 aromatic heterocycles. The molecule has 0 fully saturated rings. The number of carbonyl (C=O) groups is 2. The summed E-state index contributed by atoms with van der Waals surface area (Å²) in [6.07, 6.45) is 5.03. The van der Waals surface area contributed by atoms with Crippen LogP contribution in [0.3, 0.4) is 0 Å². The number of benzene rings is 1. The summed E-state index contributed by atoms with van der Waals surface area (Å²) in [7, 11) is 0. The standard InChI is InChI=1S/C18H15NO3S/c1-3-10-19-14-7-5-4-6-13(14)18(22,17(19)21)11-15(20)16-9-8-12(2)23-16/h1,4-9,22H,10-11H2,2H3/t18-/m0/s1. The number of nitrogens with zero attached hydrogens (tertiary/aromatic N) is 1. The Hall–Kier alpha value is -2.42. The van der Waals surface area contributed by atoms with Gasteiger partial charge in [0.1, 0.15) is 0 Å². The summed E-state index contributed by atoms with van der Waals surface area (Å²) in [5.74, 6) is 1.62. The number of fused-ring (bicyclic) bond motifs is 1. The van der Waals surface area contributed by atoms with Gasteiger partial charge in [-0.3, -0.25) is 14.5 Å². The van der Waals surface area contributed by atoms with E-state index in [1.54, 1.807) is 30.3 Å². The highest BCUT2D eigenvalue weighted by atomic mass is 32.1. The zero-order chi connectivity index (χ0) is 16.6. The fraction of sp³-hybridized carbons (Fsp3) is 0.222. The number of anilines is 1. The molecule has 0 bridgehead atoms. The SMILES string of the molecule is C#CCN1C(=O)[C@](O)(CC(=O)c2ccc(C)s2)c2ccccc21. The number of aliphatic hydroxyl groups is 1. The molecule has 2 heterocycles. The number of aryl methyl sites for hydroxylation is 1. The molecule has 1 atom stereocenters. The Labute approximate surface area is 138 Å². The molecule has 1 aromatic carbocycles. The van der Waals surface area contributed by atoms with Crippen molar-refractivity contribution in [3.8, 4) is 12.3 Å². The Bertz CT molecular complexity index is 833. The minimum atomic E-state index is -1.86. The second kappa shape index (κ2) is 5.65. The molecule has 1 N–H and O–H groups in total. The van der Waals surface area contributed by atoms with Crippen LogP contribution in [0.5, 0.6) is 0 Å². The van der Waals surface area contributed by atoms with E-state index in [0.29, 0.717) is 16.1 Å². The lowest BCUT2D eigenvalue weighted by Gasteiger charge is -2.21. The van der Waals surface area contributed by atoms with Crippen molar-refractivity contribution in [2.45, 2.75) is 18.9 Å². The quantitative estimate of drug-likeness (QED) is 0.694. The van der Waals surface area contributed by atoms with Gasteiger partial charge in [-0.25, -0.2) is 0 Å². The van der Waals surface area contributed by atoms with Crippen molar-refractivity contribution in [1.82, 2.24) is 0 Å². The van der Waals surface area contributed by atoms with Gasteiger partial charge in [0.05, 0.1) is 23.5 Å². The molecule has 1 aliphatic heterocycles. The van der Waals surface area contributed by atoms with Gasteiger partial charge in [-0.1, -0.05) is 24.1 Å². The number of para-hydroxylation sites is 1. The molecule has 0 spiro atoms. The molecule has 0 radical (unpaired) electrons. The number of hydrogen-bond donors (Lipinski definition) is 1. The van der Waals surface area contributed by atoms with Crippen LogP contribution in [-0.4, -0.2) is 23.3 Å². The van der Waals surface area contributed by atoms with E-state index in [1.165, 1.54) is 16.2 Å². The number of terminal acetylenes is 1. The normalized spacial score (nSPS) is 19.5. The number of amides is 1. The van der Waals surface area contributed by atoms with E-state index in [4.69, 9.17) is 6.42 Å². The van der Waals surface area contributed by atoms with Crippen molar-refractivity contribution in [3.05, 3.63) is 51.7 Å². The molecule has 1 aliphatic rings. The minimum Gasteiger partial charge on any atom is -0.375 e. The van der Waals surface area contributed by atoms with Crippen LogP contribution in [0.1, 0.15) is 26.5 Å². The number of thiophene rings is 1. The fourth-order valence-electron chi connectivity index (χ4n) is 2.83. The van der Waals surface area contributed by atoms with Crippen molar-refractivity contribution in [2.75, 3.05) is 11.4 Å². The lowest BCUT2D eigenvalue weighted by molar-refractivity contribution is -0.135. The van der Waals surface area contributed by atoms with Gasteiger partial charge >= 0.3 is 0 Å². The van der Waals surface area contributed by atoms with E-state index in [1.807, 2.05) is 13.0 Å². The highest BCUT2D eigenvalue weighted by Crippen LogP contribution is 2.42. The van der Waals surface area contributed by atoms with Crippen LogP contribution in [-0.2, 0) is 10.4 Å². The molecule has 23 heavy (non-hydrogen) atoms. The summed E-state index contributed by atoms with van der Waals surface area (Å²) in [5, 5.41) is 11.0. The zero-order valence-electron chi connectivity index (χ0n) is 12.6. The summed E-state index contributed by atoms with van der Waals surface area (Å²) in [6.45, 7) is 1.96. The van der Waals surface area contributed by atoms with Crippen LogP contribution in [0.15, 0.2) is 36.4 Å². The number of rotatable bonds is 4. The molecule has 116 valence electrons. The van der Waals surface area contributed by atoms with Crippen LogP contribution >= 0.6 is 11.3 Å². The Morgan fingerprint density at radius 1 is 1.35 bits per heavy atom. The van der Waals surface area contributed by atoms with Crippen LogP contribution in [0.4, 0.5) is 5.69 Å². The van der Waals surface area contributed by atoms with Crippen LogP contribution in [0.25, 0.3) is 0 Å². The topological polar surface area (TPSA) is 57.6 Å². The second-order valence-electron chi connectivity index (χ2n) is 5.48. The molecule has 0 aliphatic carbocycles. The summed E-state index contributed by atoms with van der Waals surface area (Å²) in [4.78, 5) is 28.1. The molecule has 2 aromatic rings.